The number of carbonyl (C=O) groups excluding carboxylic acids is 1. The maximum absolute atomic E-state index is 10.3. The zero-order chi connectivity index (χ0) is 17.3. The summed E-state index contributed by atoms with van der Waals surface area (Å²) < 4.78 is 0. The lowest BCUT2D eigenvalue weighted by Gasteiger charge is -1.95. The van der Waals surface area contributed by atoms with E-state index in [4.69, 9.17) is 5.11 Å². The molecule has 0 heterocycles. The molecule has 0 atom stereocenters. The molecule has 1 aliphatic carbocycles. The van der Waals surface area contributed by atoms with Crippen molar-refractivity contribution >= 4 is 11.8 Å². The van der Waals surface area contributed by atoms with Crippen LogP contribution in [-0.4, -0.2) is 16.9 Å². The van der Waals surface area contributed by atoms with Gasteiger partial charge < -0.3 is 9.90 Å². The van der Waals surface area contributed by atoms with Crippen molar-refractivity contribution in [3.05, 3.63) is 0 Å². The Bertz CT molecular complexity index is 354. The zero-order valence-electron chi connectivity index (χ0n) is 15.0. The number of hydrogen-bond donors (Lipinski definition) is 1. The van der Waals surface area contributed by atoms with E-state index in [1.54, 1.807) is 0 Å². The van der Waals surface area contributed by atoms with Gasteiger partial charge in [-0.05, 0) is 39.0 Å². The molecular formula is C20H34O3. The summed E-state index contributed by atoms with van der Waals surface area (Å²) in [6, 6.07) is 0. The highest BCUT2D eigenvalue weighted by Gasteiger charge is 2.10. The monoisotopic (exact) mass is 322 g/mol. The fourth-order valence-electron chi connectivity index (χ4n) is 2.58. The SMILES string of the molecule is CC(=O)CCCCC(=O)O.CCCCCCC#CC1CCCC1. The number of carboxylic acid groups (broad SMARTS) is 1. The minimum atomic E-state index is -0.788. The number of carboxylic acids is 1. The van der Waals surface area contributed by atoms with Crippen molar-refractivity contribution in [2.24, 2.45) is 5.92 Å². The Morgan fingerprint density at radius 1 is 1.00 bits per heavy atom. The lowest BCUT2D eigenvalue weighted by Crippen LogP contribution is -1.95. The molecular weight excluding hydrogens is 288 g/mol. The maximum atomic E-state index is 10.3. The van der Waals surface area contributed by atoms with Crippen LogP contribution in [0.1, 0.15) is 97.3 Å². The first-order valence-corrected chi connectivity index (χ1v) is 9.25. The second-order valence-corrected chi connectivity index (χ2v) is 6.42. The van der Waals surface area contributed by atoms with Gasteiger partial charge in [-0.25, -0.2) is 0 Å². The van der Waals surface area contributed by atoms with E-state index in [1.807, 2.05) is 0 Å². The van der Waals surface area contributed by atoms with E-state index in [0.717, 1.165) is 12.3 Å². The Morgan fingerprint density at radius 3 is 2.22 bits per heavy atom. The summed E-state index contributed by atoms with van der Waals surface area (Å²) in [6.07, 6.45) is 14.1. The van der Waals surface area contributed by atoms with E-state index in [1.165, 1.54) is 58.3 Å². The molecule has 1 N–H and O–H groups in total. The molecule has 132 valence electrons. The van der Waals surface area contributed by atoms with E-state index in [9.17, 15) is 9.59 Å². The molecule has 0 bridgehead atoms. The Hall–Kier alpha value is -1.30. The summed E-state index contributed by atoms with van der Waals surface area (Å²) in [5, 5.41) is 8.19. The summed E-state index contributed by atoms with van der Waals surface area (Å²) in [4.78, 5) is 20.3. The molecule has 1 fully saturated rings. The van der Waals surface area contributed by atoms with E-state index in [0.29, 0.717) is 19.3 Å². The smallest absolute Gasteiger partial charge is 0.303 e. The van der Waals surface area contributed by atoms with Gasteiger partial charge in [0, 0.05) is 25.2 Å². The van der Waals surface area contributed by atoms with Crippen LogP contribution in [0.2, 0.25) is 0 Å². The Morgan fingerprint density at radius 2 is 1.65 bits per heavy atom. The number of carbonyl (C=O) groups is 2. The van der Waals surface area contributed by atoms with Crippen LogP contribution in [0.25, 0.3) is 0 Å². The largest absolute Gasteiger partial charge is 0.481 e. The van der Waals surface area contributed by atoms with Crippen LogP contribution in [0.15, 0.2) is 0 Å². The summed E-state index contributed by atoms with van der Waals surface area (Å²) in [5.41, 5.74) is 0. The number of unbranched alkanes of at least 4 members (excludes halogenated alkanes) is 5. The topological polar surface area (TPSA) is 54.4 Å². The number of hydrogen-bond acceptors (Lipinski definition) is 2. The van der Waals surface area contributed by atoms with Crippen LogP contribution in [0.5, 0.6) is 0 Å². The second kappa shape index (κ2) is 15.6. The molecule has 0 aromatic carbocycles. The van der Waals surface area contributed by atoms with Crippen LogP contribution in [0.4, 0.5) is 0 Å². The van der Waals surface area contributed by atoms with Crippen molar-refractivity contribution in [2.75, 3.05) is 0 Å². The highest BCUT2D eigenvalue weighted by Crippen LogP contribution is 2.23. The molecule has 0 radical (unpaired) electrons. The third kappa shape index (κ3) is 16.9. The molecule has 1 aliphatic rings. The molecule has 1 rings (SSSR count). The van der Waals surface area contributed by atoms with Crippen molar-refractivity contribution in [1.82, 2.24) is 0 Å². The molecule has 23 heavy (non-hydrogen) atoms. The van der Waals surface area contributed by atoms with E-state index in [2.05, 4.69) is 18.8 Å². The van der Waals surface area contributed by atoms with E-state index in [-0.39, 0.29) is 12.2 Å². The predicted molar refractivity (Wildman–Crippen MR) is 95.3 cm³/mol. The van der Waals surface area contributed by atoms with Gasteiger partial charge in [0.1, 0.15) is 5.78 Å². The third-order valence-corrected chi connectivity index (χ3v) is 3.99. The van der Waals surface area contributed by atoms with Gasteiger partial charge in [0.25, 0.3) is 0 Å². The summed E-state index contributed by atoms with van der Waals surface area (Å²) >= 11 is 0. The van der Waals surface area contributed by atoms with Crippen LogP contribution >= 0.6 is 0 Å². The summed E-state index contributed by atoms with van der Waals surface area (Å²) in [6.45, 7) is 3.77. The summed E-state index contributed by atoms with van der Waals surface area (Å²) in [5.74, 6) is 6.84. The van der Waals surface area contributed by atoms with Gasteiger partial charge in [0.2, 0.25) is 0 Å². The fourth-order valence-corrected chi connectivity index (χ4v) is 2.58. The van der Waals surface area contributed by atoms with Crippen molar-refractivity contribution in [3.8, 4) is 11.8 Å². The number of ketones is 1. The van der Waals surface area contributed by atoms with Gasteiger partial charge in [-0.1, -0.05) is 44.9 Å². The minimum absolute atomic E-state index is 0.130. The molecule has 0 saturated heterocycles. The number of rotatable bonds is 9. The van der Waals surface area contributed by atoms with Crippen LogP contribution in [0, 0.1) is 17.8 Å². The lowest BCUT2D eigenvalue weighted by atomic mass is 10.1. The Balaban J connectivity index is 0.000000438. The first kappa shape index (κ1) is 21.7. The quantitative estimate of drug-likeness (QED) is 0.458. The van der Waals surface area contributed by atoms with E-state index < -0.39 is 5.97 Å². The van der Waals surface area contributed by atoms with Crippen molar-refractivity contribution in [3.63, 3.8) is 0 Å². The van der Waals surface area contributed by atoms with Crippen molar-refractivity contribution in [1.29, 1.82) is 0 Å². The average Bonchev–Trinajstić information content (AvgIpc) is 3.01. The van der Waals surface area contributed by atoms with Crippen molar-refractivity contribution in [2.45, 2.75) is 97.3 Å². The second-order valence-electron chi connectivity index (χ2n) is 6.42. The molecule has 0 spiro atoms. The zero-order valence-corrected chi connectivity index (χ0v) is 15.0. The highest BCUT2D eigenvalue weighted by atomic mass is 16.4. The number of aliphatic carboxylic acids is 1. The van der Waals surface area contributed by atoms with Gasteiger partial charge in [-0.2, -0.15) is 0 Å². The van der Waals surface area contributed by atoms with E-state index >= 15 is 0 Å². The molecule has 1 saturated carbocycles. The van der Waals surface area contributed by atoms with Crippen LogP contribution in [0.3, 0.4) is 0 Å². The highest BCUT2D eigenvalue weighted by molar-refractivity contribution is 5.75. The predicted octanol–water partition coefficient (Wildman–Crippen LogP) is 5.37. The fraction of sp³-hybridized carbons (Fsp3) is 0.800. The van der Waals surface area contributed by atoms with Gasteiger partial charge in [0.05, 0.1) is 0 Å². The van der Waals surface area contributed by atoms with Crippen LogP contribution in [-0.2, 0) is 9.59 Å². The van der Waals surface area contributed by atoms with Gasteiger partial charge >= 0.3 is 5.97 Å². The molecule has 0 unspecified atom stereocenters. The minimum Gasteiger partial charge on any atom is -0.481 e. The maximum Gasteiger partial charge on any atom is 0.303 e. The first-order chi connectivity index (χ1) is 11.1. The van der Waals surface area contributed by atoms with Crippen molar-refractivity contribution < 1.29 is 14.7 Å². The summed E-state index contributed by atoms with van der Waals surface area (Å²) in [7, 11) is 0. The lowest BCUT2D eigenvalue weighted by molar-refractivity contribution is -0.137. The molecule has 0 aliphatic heterocycles. The standard InChI is InChI=1S/C13H22.C7H12O3/c1-2-3-4-5-6-7-10-13-11-8-9-12-13;1-6(8)4-2-3-5-7(9)10/h13H,2-6,8-9,11-12H2,1H3;2-5H2,1H3,(H,9,10). The Kier molecular flexibility index (Phi) is 14.7. The molecule has 0 amide bonds. The number of Topliss-reactive ketones (excluding diaryl/α,β-unsaturated/α-hetero) is 1. The molecule has 0 aromatic rings. The molecule has 3 heteroatoms. The molecule has 3 nitrogen and oxygen atoms in total. The van der Waals surface area contributed by atoms with Gasteiger partial charge in [0.15, 0.2) is 0 Å². The Labute approximate surface area is 142 Å². The average molecular weight is 322 g/mol. The van der Waals surface area contributed by atoms with Crippen LogP contribution < -0.4 is 0 Å². The first-order valence-electron chi connectivity index (χ1n) is 9.25. The molecule has 0 aromatic heterocycles. The van der Waals surface area contributed by atoms with Gasteiger partial charge in [-0.3, -0.25) is 4.79 Å². The normalized spacial score (nSPS) is 13.7. The van der Waals surface area contributed by atoms with Gasteiger partial charge in [-0.15, -0.1) is 5.92 Å². The third-order valence-electron chi connectivity index (χ3n) is 3.99.